The van der Waals surface area contributed by atoms with Gasteiger partial charge in [-0.1, -0.05) is 25.7 Å². The third-order valence-corrected chi connectivity index (χ3v) is 4.68. The lowest BCUT2D eigenvalue weighted by molar-refractivity contribution is -0.116. The number of carbonyl (C=O) groups excluding carboxylic acids is 2. The molecule has 0 unspecified atom stereocenters. The van der Waals surface area contributed by atoms with Gasteiger partial charge in [0, 0.05) is 17.8 Å². The van der Waals surface area contributed by atoms with Gasteiger partial charge in [0.1, 0.15) is 5.76 Å². The molecule has 0 saturated heterocycles. The Kier molecular flexibility index (Phi) is 6.30. The van der Waals surface area contributed by atoms with Crippen LogP contribution in [0.25, 0.3) is 0 Å². The molecule has 1 fully saturated rings. The van der Waals surface area contributed by atoms with E-state index in [1.54, 1.807) is 42.7 Å². The number of hydrogen-bond donors (Lipinski definition) is 3. The van der Waals surface area contributed by atoms with Gasteiger partial charge in [-0.3, -0.25) is 4.79 Å². The summed E-state index contributed by atoms with van der Waals surface area (Å²) in [6, 6.07) is 10.4. The van der Waals surface area contributed by atoms with E-state index in [1.807, 2.05) is 0 Å². The monoisotopic (exact) mass is 355 g/mol. The van der Waals surface area contributed by atoms with E-state index < -0.39 is 0 Å². The van der Waals surface area contributed by atoms with Crippen LogP contribution in [0.3, 0.4) is 0 Å². The standard InChI is InChI=1S/C20H25N3O3/c24-19(12-7-15-4-1-2-5-15)22-16-8-10-17(11-9-16)23-20(25)21-14-18-6-3-13-26-18/h3,6,8-11,13,15H,1-2,4-5,7,12,14H2,(H,22,24)(H2,21,23,25). The smallest absolute Gasteiger partial charge is 0.319 e. The van der Waals surface area contributed by atoms with Gasteiger partial charge in [0.25, 0.3) is 0 Å². The summed E-state index contributed by atoms with van der Waals surface area (Å²) in [5.74, 6) is 1.46. The minimum atomic E-state index is -0.310. The average Bonchev–Trinajstić information content (AvgIpc) is 3.34. The van der Waals surface area contributed by atoms with E-state index in [2.05, 4.69) is 16.0 Å². The molecule has 6 nitrogen and oxygen atoms in total. The normalized spacial score (nSPS) is 14.2. The molecule has 2 aromatic rings. The molecule has 1 heterocycles. The molecule has 1 aromatic heterocycles. The maximum absolute atomic E-state index is 12.0. The number of urea groups is 1. The second-order valence-electron chi connectivity index (χ2n) is 6.70. The van der Waals surface area contributed by atoms with Crippen molar-refractivity contribution in [2.24, 2.45) is 5.92 Å². The number of hydrogen-bond acceptors (Lipinski definition) is 3. The summed E-state index contributed by atoms with van der Waals surface area (Å²) >= 11 is 0. The Bertz CT molecular complexity index is 704. The number of amides is 3. The Balaban J connectivity index is 1.39. The first-order valence-electron chi connectivity index (χ1n) is 9.16. The van der Waals surface area contributed by atoms with E-state index in [0.717, 1.165) is 12.1 Å². The molecule has 6 heteroatoms. The third-order valence-electron chi connectivity index (χ3n) is 4.68. The van der Waals surface area contributed by atoms with Gasteiger partial charge in [-0.15, -0.1) is 0 Å². The van der Waals surface area contributed by atoms with Crippen molar-refractivity contribution in [3.05, 3.63) is 48.4 Å². The van der Waals surface area contributed by atoms with Gasteiger partial charge < -0.3 is 20.4 Å². The number of anilines is 2. The fourth-order valence-corrected chi connectivity index (χ4v) is 3.25. The van der Waals surface area contributed by atoms with Gasteiger partial charge in [0.2, 0.25) is 5.91 Å². The van der Waals surface area contributed by atoms with Crippen LogP contribution in [0.4, 0.5) is 16.2 Å². The van der Waals surface area contributed by atoms with Gasteiger partial charge >= 0.3 is 6.03 Å². The second kappa shape index (κ2) is 9.08. The van der Waals surface area contributed by atoms with Crippen LogP contribution in [0, 0.1) is 5.92 Å². The molecule has 26 heavy (non-hydrogen) atoms. The van der Waals surface area contributed by atoms with Crippen LogP contribution in [0.1, 0.15) is 44.3 Å². The highest BCUT2D eigenvalue weighted by Crippen LogP contribution is 2.28. The number of carbonyl (C=O) groups is 2. The molecule has 0 spiro atoms. The van der Waals surface area contributed by atoms with E-state index >= 15 is 0 Å². The van der Waals surface area contributed by atoms with Gasteiger partial charge in [0.05, 0.1) is 12.8 Å². The maximum atomic E-state index is 12.0. The summed E-state index contributed by atoms with van der Waals surface area (Å²) in [5, 5.41) is 8.36. The van der Waals surface area contributed by atoms with Crippen LogP contribution < -0.4 is 16.0 Å². The van der Waals surface area contributed by atoms with Crippen molar-refractivity contribution in [3.63, 3.8) is 0 Å². The zero-order valence-electron chi connectivity index (χ0n) is 14.8. The predicted octanol–water partition coefficient (Wildman–Crippen LogP) is 4.51. The van der Waals surface area contributed by atoms with E-state index in [-0.39, 0.29) is 11.9 Å². The fraction of sp³-hybridized carbons (Fsp3) is 0.400. The van der Waals surface area contributed by atoms with Crippen molar-refractivity contribution in [1.82, 2.24) is 5.32 Å². The molecular weight excluding hydrogens is 330 g/mol. The molecule has 0 atom stereocenters. The highest BCUT2D eigenvalue weighted by atomic mass is 16.3. The van der Waals surface area contributed by atoms with E-state index in [4.69, 9.17) is 4.42 Å². The summed E-state index contributed by atoms with van der Waals surface area (Å²) in [5.41, 5.74) is 1.40. The molecule has 0 aliphatic heterocycles. The number of rotatable bonds is 7. The van der Waals surface area contributed by atoms with Crippen LogP contribution in [0.15, 0.2) is 47.1 Å². The highest BCUT2D eigenvalue weighted by molar-refractivity contribution is 5.92. The Morgan fingerprint density at radius 2 is 1.69 bits per heavy atom. The van der Waals surface area contributed by atoms with Gasteiger partial charge in [-0.05, 0) is 48.7 Å². The quantitative estimate of drug-likeness (QED) is 0.683. The van der Waals surface area contributed by atoms with Crippen molar-refractivity contribution < 1.29 is 14.0 Å². The first kappa shape index (κ1) is 18.0. The second-order valence-corrected chi connectivity index (χ2v) is 6.70. The first-order chi connectivity index (χ1) is 12.7. The van der Waals surface area contributed by atoms with Crippen molar-refractivity contribution >= 4 is 23.3 Å². The Morgan fingerprint density at radius 3 is 2.35 bits per heavy atom. The zero-order valence-corrected chi connectivity index (χ0v) is 14.8. The predicted molar refractivity (Wildman–Crippen MR) is 101 cm³/mol. The fourth-order valence-electron chi connectivity index (χ4n) is 3.25. The third kappa shape index (κ3) is 5.65. The van der Waals surface area contributed by atoms with Crippen LogP contribution >= 0.6 is 0 Å². The molecule has 1 aliphatic rings. The Hall–Kier alpha value is -2.76. The van der Waals surface area contributed by atoms with Crippen molar-refractivity contribution in [2.45, 2.75) is 45.1 Å². The van der Waals surface area contributed by atoms with E-state index in [9.17, 15) is 9.59 Å². The molecule has 3 amide bonds. The molecule has 138 valence electrons. The van der Waals surface area contributed by atoms with Gasteiger partial charge in [-0.25, -0.2) is 4.79 Å². The van der Waals surface area contributed by atoms with Gasteiger partial charge in [-0.2, -0.15) is 0 Å². The molecule has 0 bridgehead atoms. The summed E-state index contributed by atoms with van der Waals surface area (Å²) in [7, 11) is 0. The maximum Gasteiger partial charge on any atom is 0.319 e. The van der Waals surface area contributed by atoms with Crippen LogP contribution in [0.2, 0.25) is 0 Å². The Labute approximate surface area is 153 Å². The Morgan fingerprint density at radius 1 is 1.00 bits per heavy atom. The summed E-state index contributed by atoms with van der Waals surface area (Å²) in [6.07, 6.45) is 8.23. The van der Waals surface area contributed by atoms with Crippen LogP contribution in [-0.4, -0.2) is 11.9 Å². The first-order valence-corrected chi connectivity index (χ1v) is 9.16. The minimum Gasteiger partial charge on any atom is -0.467 e. The average molecular weight is 355 g/mol. The molecule has 1 aromatic carbocycles. The molecular formula is C20H25N3O3. The lowest BCUT2D eigenvalue weighted by Crippen LogP contribution is -2.27. The molecule has 0 radical (unpaired) electrons. The summed E-state index contributed by atoms with van der Waals surface area (Å²) in [4.78, 5) is 23.9. The minimum absolute atomic E-state index is 0.0498. The van der Waals surface area contributed by atoms with Crippen molar-refractivity contribution in [2.75, 3.05) is 10.6 Å². The molecule has 1 saturated carbocycles. The highest BCUT2D eigenvalue weighted by Gasteiger charge is 2.16. The van der Waals surface area contributed by atoms with E-state index in [1.165, 1.54) is 25.7 Å². The summed E-state index contributed by atoms with van der Waals surface area (Å²) in [6.45, 7) is 0.327. The van der Waals surface area contributed by atoms with Crippen molar-refractivity contribution in [1.29, 1.82) is 0 Å². The molecule has 1 aliphatic carbocycles. The number of nitrogens with one attached hydrogen (secondary N) is 3. The number of benzene rings is 1. The van der Waals surface area contributed by atoms with E-state index in [0.29, 0.717) is 30.3 Å². The lowest BCUT2D eigenvalue weighted by Gasteiger charge is -2.10. The number of furan rings is 1. The lowest BCUT2D eigenvalue weighted by atomic mass is 10.0. The summed E-state index contributed by atoms with van der Waals surface area (Å²) < 4.78 is 5.16. The largest absolute Gasteiger partial charge is 0.467 e. The molecule has 3 rings (SSSR count). The van der Waals surface area contributed by atoms with Crippen molar-refractivity contribution in [3.8, 4) is 0 Å². The SMILES string of the molecule is O=C(CCC1CCCC1)Nc1ccc(NC(=O)NCc2ccco2)cc1. The zero-order chi connectivity index (χ0) is 18.2. The van der Waals surface area contributed by atoms with Crippen LogP contribution in [-0.2, 0) is 11.3 Å². The topological polar surface area (TPSA) is 83.4 Å². The van der Waals surface area contributed by atoms with Gasteiger partial charge in [0.15, 0.2) is 0 Å². The van der Waals surface area contributed by atoms with Crippen LogP contribution in [0.5, 0.6) is 0 Å². The molecule has 3 N–H and O–H groups in total.